The van der Waals surface area contributed by atoms with Crippen molar-refractivity contribution in [1.29, 1.82) is 0 Å². The lowest BCUT2D eigenvalue weighted by Crippen LogP contribution is -2.52. The Labute approximate surface area is 256 Å². The number of hydrogen-bond donors (Lipinski definition) is 3. The minimum atomic E-state index is -0.728. The molecule has 0 radical (unpaired) electrons. The number of H-pyrrole nitrogens is 1. The summed E-state index contributed by atoms with van der Waals surface area (Å²) in [4.78, 5) is 37.4. The van der Waals surface area contributed by atoms with Gasteiger partial charge in [0.15, 0.2) is 0 Å². The van der Waals surface area contributed by atoms with E-state index in [4.69, 9.17) is 9.72 Å². The van der Waals surface area contributed by atoms with Crippen LogP contribution in [0.4, 0.5) is 4.79 Å². The Morgan fingerprint density at radius 2 is 1.64 bits per heavy atom. The van der Waals surface area contributed by atoms with E-state index < -0.39 is 12.1 Å². The van der Waals surface area contributed by atoms with Gasteiger partial charge in [-0.1, -0.05) is 60.7 Å². The molecule has 3 N–H and O–H groups in total. The van der Waals surface area contributed by atoms with Gasteiger partial charge in [-0.25, -0.2) is 9.78 Å². The number of aromatic nitrogens is 3. The van der Waals surface area contributed by atoms with Crippen molar-refractivity contribution in [2.75, 3.05) is 26.2 Å². The maximum absolute atomic E-state index is 14.1. The van der Waals surface area contributed by atoms with Crippen molar-refractivity contribution in [3.63, 3.8) is 0 Å². The zero-order valence-corrected chi connectivity index (χ0v) is 24.7. The summed E-state index contributed by atoms with van der Waals surface area (Å²) in [5, 5.41) is 7.30. The van der Waals surface area contributed by atoms with Crippen molar-refractivity contribution in [3.8, 4) is 11.4 Å². The van der Waals surface area contributed by atoms with E-state index in [0.717, 1.165) is 77.7 Å². The van der Waals surface area contributed by atoms with Gasteiger partial charge in [-0.05, 0) is 62.5 Å². The topological polar surface area (TPSA) is 104 Å². The number of aromatic amines is 1. The predicted molar refractivity (Wildman–Crippen MR) is 171 cm³/mol. The molecule has 2 aromatic heterocycles. The molecular weight excluding hydrogens is 552 g/mol. The Balaban J connectivity index is 1.10. The van der Waals surface area contributed by atoms with Crippen LogP contribution in [0.5, 0.6) is 0 Å². The summed E-state index contributed by atoms with van der Waals surface area (Å²) in [5.74, 6) is 0.880. The van der Waals surface area contributed by atoms with E-state index in [9.17, 15) is 9.59 Å². The first-order valence-corrected chi connectivity index (χ1v) is 15.7. The molecule has 1 atom stereocenters. The van der Waals surface area contributed by atoms with Crippen LogP contribution in [0.25, 0.3) is 33.3 Å². The lowest BCUT2D eigenvalue weighted by atomic mass is 10.00. The molecule has 9 nitrogen and oxygen atoms in total. The molecule has 2 saturated heterocycles. The summed E-state index contributed by atoms with van der Waals surface area (Å²) in [6.07, 6.45) is 4.80. The number of benzene rings is 3. The summed E-state index contributed by atoms with van der Waals surface area (Å²) >= 11 is 0. The molecule has 0 saturated carbocycles. The third kappa shape index (κ3) is 5.79. The molecule has 7 rings (SSSR count). The van der Waals surface area contributed by atoms with Crippen LogP contribution in [0.1, 0.15) is 37.3 Å². The number of nitrogens with one attached hydrogen (secondary N) is 3. The Bertz CT molecular complexity index is 1750. The van der Waals surface area contributed by atoms with E-state index >= 15 is 0 Å². The molecule has 2 fully saturated rings. The first kappa shape index (κ1) is 28.2. The minimum absolute atomic E-state index is 0.0743. The fraction of sp³-hybridized carbons (Fsp3) is 0.343. The largest absolute Gasteiger partial charge is 0.446 e. The van der Waals surface area contributed by atoms with E-state index in [1.54, 1.807) is 0 Å². The number of amides is 2. The summed E-state index contributed by atoms with van der Waals surface area (Å²) < 4.78 is 8.10. The summed E-state index contributed by atoms with van der Waals surface area (Å²) in [6.45, 7) is 2.84. The molecule has 226 valence electrons. The van der Waals surface area contributed by atoms with Crippen LogP contribution in [-0.4, -0.2) is 69.8 Å². The molecule has 44 heavy (non-hydrogen) atoms. The molecule has 0 spiro atoms. The quantitative estimate of drug-likeness (QED) is 0.234. The van der Waals surface area contributed by atoms with Crippen molar-refractivity contribution < 1.29 is 14.3 Å². The molecule has 2 aliphatic heterocycles. The van der Waals surface area contributed by atoms with Crippen LogP contribution in [0.3, 0.4) is 0 Å². The number of rotatable bonds is 7. The first-order valence-electron chi connectivity index (χ1n) is 15.7. The number of imidazole rings is 1. The summed E-state index contributed by atoms with van der Waals surface area (Å²) in [5.41, 5.74) is 5.16. The van der Waals surface area contributed by atoms with E-state index in [1.807, 2.05) is 59.6 Å². The van der Waals surface area contributed by atoms with E-state index in [2.05, 4.69) is 50.5 Å². The second-order valence-electron chi connectivity index (χ2n) is 11.8. The number of hydrogen-bond acceptors (Lipinski definition) is 5. The van der Waals surface area contributed by atoms with Gasteiger partial charge in [-0.2, -0.15) is 0 Å². The highest BCUT2D eigenvalue weighted by atomic mass is 16.6. The van der Waals surface area contributed by atoms with Gasteiger partial charge in [0.2, 0.25) is 5.91 Å². The van der Waals surface area contributed by atoms with Crippen LogP contribution in [-0.2, 0) is 16.0 Å². The third-order valence-corrected chi connectivity index (χ3v) is 9.02. The standard InChI is InChI=1S/C35H38N6O3/c42-34(31(39-35(43)44-27-14-18-36-19-15-27)22-25-23-37-29-11-5-4-10-28(25)29)40-20-16-26(17-21-40)41-32-13-7-6-12-30(32)38-33(41)24-8-2-1-3-9-24/h1-13,23,26-27,31,36-37H,14-22H2,(H,39,43)/t31-/m1/s1. The van der Waals surface area contributed by atoms with Gasteiger partial charge in [-0.15, -0.1) is 0 Å². The Kier molecular flexibility index (Phi) is 8.02. The average molecular weight is 591 g/mol. The molecule has 2 aliphatic rings. The summed E-state index contributed by atoms with van der Waals surface area (Å²) in [6, 6.07) is 26.1. The van der Waals surface area contributed by atoms with Gasteiger partial charge >= 0.3 is 6.09 Å². The SMILES string of the molecule is O=C(N[C@H](Cc1c[nH]c2ccccc12)C(=O)N1CCC(n2c(-c3ccccc3)nc3ccccc32)CC1)OC1CCNCC1. The Morgan fingerprint density at radius 3 is 2.45 bits per heavy atom. The minimum Gasteiger partial charge on any atom is -0.446 e. The number of nitrogens with zero attached hydrogens (tertiary/aromatic N) is 3. The maximum atomic E-state index is 14.1. The summed E-state index contributed by atoms with van der Waals surface area (Å²) in [7, 11) is 0. The molecule has 4 heterocycles. The fourth-order valence-electron chi connectivity index (χ4n) is 6.73. The highest BCUT2D eigenvalue weighted by Gasteiger charge is 2.33. The molecule has 0 aliphatic carbocycles. The number of carbonyl (C=O) groups excluding carboxylic acids is 2. The van der Waals surface area contributed by atoms with Crippen LogP contribution in [0.15, 0.2) is 85.1 Å². The van der Waals surface area contributed by atoms with Crippen molar-refractivity contribution in [3.05, 3.63) is 90.6 Å². The molecule has 3 aromatic carbocycles. The lowest BCUT2D eigenvalue weighted by molar-refractivity contribution is -0.134. The lowest BCUT2D eigenvalue weighted by Gasteiger charge is -2.35. The Morgan fingerprint density at radius 1 is 0.909 bits per heavy atom. The molecule has 0 bridgehead atoms. The van der Waals surface area contributed by atoms with Crippen molar-refractivity contribution >= 4 is 33.9 Å². The number of likely N-dealkylation sites (tertiary alicyclic amines) is 1. The van der Waals surface area contributed by atoms with Crippen molar-refractivity contribution in [2.24, 2.45) is 0 Å². The monoisotopic (exact) mass is 590 g/mol. The molecule has 5 aromatic rings. The Hall–Kier alpha value is -4.63. The number of fused-ring (bicyclic) bond motifs is 2. The zero-order chi connectivity index (χ0) is 29.9. The van der Waals surface area contributed by atoms with Gasteiger partial charge in [-0.3, -0.25) is 4.79 Å². The number of alkyl carbamates (subject to hydrolysis) is 1. The number of carbonyl (C=O) groups is 2. The van der Waals surface area contributed by atoms with Crippen molar-refractivity contribution in [1.82, 2.24) is 30.1 Å². The number of para-hydroxylation sites is 3. The van der Waals surface area contributed by atoms with Crippen LogP contribution >= 0.6 is 0 Å². The molecule has 9 heteroatoms. The maximum Gasteiger partial charge on any atom is 0.408 e. The van der Waals surface area contributed by atoms with Gasteiger partial charge in [0, 0.05) is 48.2 Å². The number of ether oxygens (including phenoxy) is 1. The van der Waals surface area contributed by atoms with Gasteiger partial charge < -0.3 is 29.8 Å². The second kappa shape index (κ2) is 12.5. The van der Waals surface area contributed by atoms with E-state index in [1.165, 1.54) is 0 Å². The second-order valence-corrected chi connectivity index (χ2v) is 11.8. The first-order chi connectivity index (χ1) is 21.6. The van der Waals surface area contributed by atoms with Gasteiger partial charge in [0.05, 0.1) is 11.0 Å². The number of piperidine rings is 2. The normalized spacial score (nSPS) is 17.1. The van der Waals surface area contributed by atoms with E-state index in [0.29, 0.717) is 19.5 Å². The zero-order valence-electron chi connectivity index (χ0n) is 24.7. The highest BCUT2D eigenvalue weighted by Crippen LogP contribution is 2.33. The van der Waals surface area contributed by atoms with Gasteiger partial charge in [0.25, 0.3) is 0 Å². The third-order valence-electron chi connectivity index (χ3n) is 9.02. The van der Waals surface area contributed by atoms with Crippen molar-refractivity contribution in [2.45, 2.75) is 50.3 Å². The van der Waals surface area contributed by atoms with Crippen LogP contribution in [0, 0.1) is 0 Å². The average Bonchev–Trinajstić information content (AvgIpc) is 3.67. The van der Waals surface area contributed by atoms with Gasteiger partial charge in [0.1, 0.15) is 18.0 Å². The highest BCUT2D eigenvalue weighted by molar-refractivity contribution is 5.88. The fourth-order valence-corrected chi connectivity index (χ4v) is 6.73. The molecular formula is C35H38N6O3. The molecule has 0 unspecified atom stereocenters. The molecule has 2 amide bonds. The predicted octanol–water partition coefficient (Wildman–Crippen LogP) is 5.44. The van der Waals surface area contributed by atoms with E-state index in [-0.39, 0.29) is 18.1 Å². The van der Waals surface area contributed by atoms with Crippen LogP contribution in [0.2, 0.25) is 0 Å². The van der Waals surface area contributed by atoms with Crippen LogP contribution < -0.4 is 10.6 Å². The smallest absolute Gasteiger partial charge is 0.408 e.